The molecule has 158 valence electrons. The number of amides is 1. The van der Waals surface area contributed by atoms with Gasteiger partial charge in [0.15, 0.2) is 6.54 Å². The van der Waals surface area contributed by atoms with Gasteiger partial charge in [-0.15, -0.1) is 11.3 Å². The Balaban J connectivity index is 1.27. The van der Waals surface area contributed by atoms with Gasteiger partial charge in [0, 0.05) is 5.56 Å². The van der Waals surface area contributed by atoms with Gasteiger partial charge in [0.1, 0.15) is 18.8 Å². The van der Waals surface area contributed by atoms with Gasteiger partial charge in [-0.05, 0) is 40.4 Å². The number of methoxy groups -OCH3 is 1. The zero-order valence-electron chi connectivity index (χ0n) is 17.8. The molecule has 3 aromatic rings. The third kappa shape index (κ3) is 5.19. The molecule has 6 heteroatoms. The summed E-state index contributed by atoms with van der Waals surface area (Å²) >= 11 is 1.82. The van der Waals surface area contributed by atoms with Gasteiger partial charge in [-0.3, -0.25) is 4.79 Å². The molecule has 0 radical (unpaired) electrons. The van der Waals surface area contributed by atoms with Crippen LogP contribution in [0, 0.1) is 0 Å². The maximum absolute atomic E-state index is 12.8. The first kappa shape index (κ1) is 20.8. The molecule has 1 fully saturated rings. The number of benzene rings is 2. The van der Waals surface area contributed by atoms with E-state index in [1.54, 1.807) is 12.0 Å². The van der Waals surface area contributed by atoms with Crippen LogP contribution in [0.2, 0.25) is 0 Å². The number of nitrogens with one attached hydrogen (secondary N) is 2. The van der Waals surface area contributed by atoms with E-state index < -0.39 is 0 Å². The minimum Gasteiger partial charge on any atom is -0.497 e. The normalized spacial score (nSPS) is 16.0. The van der Waals surface area contributed by atoms with Crippen LogP contribution in [0.3, 0.4) is 0 Å². The summed E-state index contributed by atoms with van der Waals surface area (Å²) in [4.78, 5) is 19.1. The number of thiophene rings is 1. The molecule has 2 aromatic carbocycles. The molecule has 1 unspecified atom stereocenters. The molecule has 2 heterocycles. The first-order valence-electron chi connectivity index (χ1n) is 10.6. The third-order valence-corrected chi connectivity index (χ3v) is 6.77. The van der Waals surface area contributed by atoms with E-state index >= 15 is 0 Å². The first-order valence-corrected chi connectivity index (χ1v) is 11.5. The summed E-state index contributed by atoms with van der Waals surface area (Å²) in [6.45, 7) is 6.28. The van der Waals surface area contributed by atoms with Crippen molar-refractivity contribution in [1.82, 2.24) is 4.90 Å². The Kier molecular flexibility index (Phi) is 6.67. The Labute approximate surface area is 182 Å². The summed E-state index contributed by atoms with van der Waals surface area (Å²) in [5.41, 5.74) is 1.25. The lowest BCUT2D eigenvalue weighted by Crippen LogP contribution is -3.14. The van der Waals surface area contributed by atoms with Crippen LogP contribution < -0.4 is 14.5 Å². The molecule has 0 spiro atoms. The zero-order valence-corrected chi connectivity index (χ0v) is 18.6. The van der Waals surface area contributed by atoms with Crippen molar-refractivity contribution >= 4 is 28.0 Å². The second-order valence-electron chi connectivity index (χ2n) is 8.25. The summed E-state index contributed by atoms with van der Waals surface area (Å²) in [6, 6.07) is 17.0. The van der Waals surface area contributed by atoms with Crippen molar-refractivity contribution in [2.75, 3.05) is 46.9 Å². The third-order valence-electron chi connectivity index (χ3n) is 5.90. The Bertz CT molecular complexity index is 981. The zero-order chi connectivity index (χ0) is 20.9. The number of piperazine rings is 1. The number of carbonyl (C=O) groups is 1. The van der Waals surface area contributed by atoms with Crippen molar-refractivity contribution in [3.8, 4) is 5.75 Å². The Hall–Kier alpha value is -2.41. The van der Waals surface area contributed by atoms with Crippen molar-refractivity contribution in [3.63, 3.8) is 0 Å². The molecule has 1 amide bonds. The molecular formula is C24H31N3O2S+2. The number of rotatable bonds is 7. The Morgan fingerprint density at radius 3 is 2.63 bits per heavy atom. The molecule has 1 aliphatic rings. The van der Waals surface area contributed by atoms with E-state index in [2.05, 4.69) is 54.9 Å². The number of likely N-dealkylation sites (N-methyl/N-ethyl adjacent to an activating group) is 1. The van der Waals surface area contributed by atoms with Crippen molar-refractivity contribution in [2.45, 2.75) is 13.1 Å². The van der Waals surface area contributed by atoms with Gasteiger partial charge in [0.25, 0.3) is 5.91 Å². The second kappa shape index (κ2) is 9.60. The molecule has 4 rings (SSSR count). The van der Waals surface area contributed by atoms with Crippen LogP contribution in [0.25, 0.3) is 10.8 Å². The summed E-state index contributed by atoms with van der Waals surface area (Å²) in [5, 5.41) is 4.52. The average Bonchev–Trinajstić information content (AvgIpc) is 3.26. The van der Waals surface area contributed by atoms with E-state index in [1.807, 2.05) is 22.3 Å². The van der Waals surface area contributed by atoms with Gasteiger partial charge in [0.05, 0.1) is 45.2 Å². The van der Waals surface area contributed by atoms with Crippen LogP contribution in [0.4, 0.5) is 0 Å². The topological polar surface area (TPSA) is 38.4 Å². The maximum atomic E-state index is 12.8. The molecule has 1 saturated heterocycles. The van der Waals surface area contributed by atoms with Crippen molar-refractivity contribution < 1.29 is 19.3 Å². The minimum atomic E-state index is 0.271. The molecule has 1 aliphatic heterocycles. The van der Waals surface area contributed by atoms with Crippen LogP contribution in [0.5, 0.6) is 5.75 Å². The number of carbonyl (C=O) groups excluding carboxylic acids is 1. The van der Waals surface area contributed by atoms with E-state index in [-0.39, 0.29) is 5.91 Å². The number of hydrogen-bond acceptors (Lipinski definition) is 3. The average molecular weight is 426 g/mol. The quantitative estimate of drug-likeness (QED) is 0.589. The lowest BCUT2D eigenvalue weighted by molar-refractivity contribution is -0.917. The van der Waals surface area contributed by atoms with Crippen molar-refractivity contribution in [3.05, 3.63) is 64.4 Å². The molecule has 0 aliphatic carbocycles. The van der Waals surface area contributed by atoms with Gasteiger partial charge in [-0.25, -0.2) is 0 Å². The van der Waals surface area contributed by atoms with E-state index in [1.165, 1.54) is 26.1 Å². The lowest BCUT2D eigenvalue weighted by Gasteiger charge is -2.32. The highest BCUT2D eigenvalue weighted by Crippen LogP contribution is 2.21. The highest BCUT2D eigenvalue weighted by molar-refractivity contribution is 7.09. The SMILES string of the molecule is COc1ccc2cc(C[NH+](C)CC(=O)N3CC[NH+](Cc4cccs4)CC3)ccc2c1. The fraction of sp³-hybridized carbons (Fsp3) is 0.375. The molecule has 0 bridgehead atoms. The molecule has 0 saturated carbocycles. The largest absolute Gasteiger partial charge is 0.497 e. The smallest absolute Gasteiger partial charge is 0.278 e. The van der Waals surface area contributed by atoms with Crippen LogP contribution in [0.1, 0.15) is 10.4 Å². The minimum absolute atomic E-state index is 0.271. The van der Waals surface area contributed by atoms with Crippen LogP contribution in [0.15, 0.2) is 53.9 Å². The summed E-state index contributed by atoms with van der Waals surface area (Å²) in [5.74, 6) is 1.15. The summed E-state index contributed by atoms with van der Waals surface area (Å²) in [7, 11) is 3.80. The van der Waals surface area contributed by atoms with E-state index in [4.69, 9.17) is 4.74 Å². The van der Waals surface area contributed by atoms with E-state index in [9.17, 15) is 4.79 Å². The van der Waals surface area contributed by atoms with E-state index in [0.29, 0.717) is 6.54 Å². The van der Waals surface area contributed by atoms with E-state index in [0.717, 1.165) is 45.0 Å². The Morgan fingerprint density at radius 2 is 1.90 bits per heavy atom. The molecule has 5 nitrogen and oxygen atoms in total. The predicted molar refractivity (Wildman–Crippen MR) is 121 cm³/mol. The summed E-state index contributed by atoms with van der Waals surface area (Å²) in [6.07, 6.45) is 0. The first-order chi connectivity index (χ1) is 14.6. The van der Waals surface area contributed by atoms with Gasteiger partial charge in [0.2, 0.25) is 0 Å². The van der Waals surface area contributed by atoms with Gasteiger partial charge >= 0.3 is 0 Å². The fourth-order valence-corrected chi connectivity index (χ4v) is 4.98. The van der Waals surface area contributed by atoms with Gasteiger partial charge in [-0.1, -0.05) is 24.3 Å². The van der Waals surface area contributed by atoms with Crippen LogP contribution in [-0.4, -0.2) is 57.7 Å². The number of hydrogen-bond donors (Lipinski definition) is 2. The van der Waals surface area contributed by atoms with Crippen molar-refractivity contribution in [1.29, 1.82) is 0 Å². The number of quaternary nitrogens is 2. The number of ether oxygens (including phenoxy) is 1. The van der Waals surface area contributed by atoms with Gasteiger partial charge < -0.3 is 19.4 Å². The standard InChI is InChI=1S/C24H29N3O2S/c1-25(16-19-5-6-21-15-22(29-2)8-7-20(21)14-19)18-24(28)27-11-9-26(10-12-27)17-23-4-3-13-30-23/h3-8,13-15H,9-12,16-18H2,1-2H3/p+2. The predicted octanol–water partition coefficient (Wildman–Crippen LogP) is 0.852. The number of fused-ring (bicyclic) bond motifs is 1. The fourth-order valence-electron chi connectivity index (χ4n) is 4.20. The van der Waals surface area contributed by atoms with Crippen LogP contribution >= 0.6 is 11.3 Å². The van der Waals surface area contributed by atoms with Crippen LogP contribution in [-0.2, 0) is 17.9 Å². The molecular weight excluding hydrogens is 394 g/mol. The molecule has 2 N–H and O–H groups in total. The summed E-state index contributed by atoms with van der Waals surface area (Å²) < 4.78 is 5.30. The maximum Gasteiger partial charge on any atom is 0.278 e. The lowest BCUT2D eigenvalue weighted by atomic mass is 10.1. The molecule has 1 aromatic heterocycles. The molecule has 1 atom stereocenters. The van der Waals surface area contributed by atoms with Crippen molar-refractivity contribution in [2.24, 2.45) is 0 Å². The number of nitrogens with zero attached hydrogens (tertiary/aromatic N) is 1. The molecule has 30 heavy (non-hydrogen) atoms. The second-order valence-corrected chi connectivity index (χ2v) is 9.28. The Morgan fingerprint density at radius 1 is 1.13 bits per heavy atom. The highest BCUT2D eigenvalue weighted by Gasteiger charge is 2.25. The van der Waals surface area contributed by atoms with Gasteiger partial charge in [-0.2, -0.15) is 0 Å². The highest BCUT2D eigenvalue weighted by atomic mass is 32.1. The monoisotopic (exact) mass is 425 g/mol.